The zero-order valence-electron chi connectivity index (χ0n) is 10.9. The van der Waals surface area contributed by atoms with Gasteiger partial charge in [-0.15, -0.1) is 0 Å². The van der Waals surface area contributed by atoms with Gasteiger partial charge in [-0.3, -0.25) is 4.79 Å². The van der Waals surface area contributed by atoms with Crippen LogP contribution in [-0.2, 0) is 17.6 Å². The van der Waals surface area contributed by atoms with Gasteiger partial charge in [0.25, 0.3) is 0 Å². The van der Waals surface area contributed by atoms with Crippen molar-refractivity contribution in [3.63, 3.8) is 0 Å². The van der Waals surface area contributed by atoms with Crippen molar-refractivity contribution >= 4 is 5.91 Å². The Kier molecular flexibility index (Phi) is 4.18. The number of carbonyl (C=O) groups excluding carboxylic acids is 1. The molecule has 1 aromatic rings. The number of carbonyl (C=O) groups is 1. The van der Waals surface area contributed by atoms with Crippen LogP contribution in [0.25, 0.3) is 0 Å². The average molecular weight is 258 g/mol. The van der Waals surface area contributed by atoms with Crippen LogP contribution in [0.5, 0.6) is 0 Å². The van der Waals surface area contributed by atoms with Crippen molar-refractivity contribution in [1.82, 2.24) is 5.32 Å². The highest BCUT2D eigenvalue weighted by molar-refractivity contribution is 5.79. The maximum Gasteiger partial charge on any atom is 0.224 e. The van der Waals surface area contributed by atoms with Crippen LogP contribution in [0.3, 0.4) is 0 Å². The zero-order chi connectivity index (χ0) is 13.7. The lowest BCUT2D eigenvalue weighted by Crippen LogP contribution is -2.48. The smallest absolute Gasteiger partial charge is 0.224 e. The van der Waals surface area contributed by atoms with Crippen LogP contribution in [0.1, 0.15) is 30.4 Å². The summed E-state index contributed by atoms with van der Waals surface area (Å²) in [5.41, 5.74) is 1.08. The molecule has 0 atom stereocenters. The molecule has 19 heavy (non-hydrogen) atoms. The van der Waals surface area contributed by atoms with Gasteiger partial charge >= 0.3 is 0 Å². The topological polar surface area (TPSA) is 73.1 Å². The number of hydrogen-bond acceptors (Lipinski definition) is 3. The maximum absolute atomic E-state index is 11.9. The number of nitrogens with zero attached hydrogens (tertiary/aromatic N) is 1. The van der Waals surface area contributed by atoms with Gasteiger partial charge in [-0.25, -0.2) is 0 Å². The minimum atomic E-state index is -0.693. The van der Waals surface area contributed by atoms with E-state index in [0.717, 1.165) is 30.4 Å². The summed E-state index contributed by atoms with van der Waals surface area (Å²) in [6, 6.07) is 9.56. The van der Waals surface area contributed by atoms with E-state index >= 15 is 0 Å². The Bertz CT molecular complexity index is 501. The largest absolute Gasteiger partial charge is 0.388 e. The van der Waals surface area contributed by atoms with E-state index in [2.05, 4.69) is 11.4 Å². The van der Waals surface area contributed by atoms with Crippen LogP contribution in [-0.4, -0.2) is 23.2 Å². The second-order valence-corrected chi connectivity index (χ2v) is 5.14. The Morgan fingerprint density at radius 3 is 2.63 bits per heavy atom. The molecule has 0 radical (unpaired) electrons. The average Bonchev–Trinajstić information content (AvgIpc) is 2.37. The Labute approximate surface area is 113 Å². The summed E-state index contributed by atoms with van der Waals surface area (Å²) < 4.78 is 0. The van der Waals surface area contributed by atoms with Gasteiger partial charge in [0.2, 0.25) is 5.91 Å². The second kappa shape index (κ2) is 5.85. The van der Waals surface area contributed by atoms with Crippen molar-refractivity contribution in [1.29, 1.82) is 5.26 Å². The molecule has 4 nitrogen and oxygen atoms in total. The van der Waals surface area contributed by atoms with E-state index in [1.54, 1.807) is 0 Å². The molecule has 1 saturated carbocycles. The van der Waals surface area contributed by atoms with E-state index in [-0.39, 0.29) is 12.3 Å². The van der Waals surface area contributed by atoms with Gasteiger partial charge < -0.3 is 10.4 Å². The number of nitrogens with one attached hydrogen (secondary N) is 1. The molecule has 1 fully saturated rings. The van der Waals surface area contributed by atoms with Gasteiger partial charge in [-0.1, -0.05) is 24.3 Å². The third-order valence-electron chi connectivity index (χ3n) is 3.64. The molecule has 1 amide bonds. The fraction of sp³-hybridized carbons (Fsp3) is 0.467. The first-order valence-electron chi connectivity index (χ1n) is 6.56. The second-order valence-electron chi connectivity index (χ2n) is 5.14. The molecule has 0 spiro atoms. The van der Waals surface area contributed by atoms with Crippen molar-refractivity contribution in [3.05, 3.63) is 35.4 Å². The predicted octanol–water partition coefficient (Wildman–Crippen LogP) is 1.33. The lowest BCUT2D eigenvalue weighted by Gasteiger charge is -2.36. The van der Waals surface area contributed by atoms with Crippen molar-refractivity contribution in [3.8, 4) is 6.07 Å². The van der Waals surface area contributed by atoms with Gasteiger partial charge in [0, 0.05) is 6.54 Å². The Hall–Kier alpha value is -1.86. The molecular formula is C15H18N2O2. The van der Waals surface area contributed by atoms with Crippen LogP contribution in [0.4, 0.5) is 0 Å². The Morgan fingerprint density at radius 1 is 1.37 bits per heavy atom. The first-order valence-corrected chi connectivity index (χ1v) is 6.56. The molecule has 2 rings (SSSR count). The zero-order valence-corrected chi connectivity index (χ0v) is 10.9. The van der Waals surface area contributed by atoms with E-state index in [4.69, 9.17) is 5.26 Å². The monoisotopic (exact) mass is 258 g/mol. The van der Waals surface area contributed by atoms with Gasteiger partial charge in [0.15, 0.2) is 0 Å². The Morgan fingerprint density at radius 2 is 2.05 bits per heavy atom. The van der Waals surface area contributed by atoms with Crippen LogP contribution in [0.2, 0.25) is 0 Å². The summed E-state index contributed by atoms with van der Waals surface area (Å²) in [6.45, 7) is 0.326. The first-order chi connectivity index (χ1) is 9.13. The minimum Gasteiger partial charge on any atom is -0.388 e. The third kappa shape index (κ3) is 3.55. The van der Waals surface area contributed by atoms with Crippen molar-refractivity contribution in [2.24, 2.45) is 0 Å². The summed E-state index contributed by atoms with van der Waals surface area (Å²) in [6.07, 6.45) is 3.12. The van der Waals surface area contributed by atoms with Gasteiger partial charge in [-0.05, 0) is 30.4 Å². The molecule has 1 aliphatic rings. The first kappa shape index (κ1) is 13.6. The molecule has 0 bridgehead atoms. The fourth-order valence-electron chi connectivity index (χ4n) is 2.25. The molecule has 1 aromatic carbocycles. The normalized spacial score (nSPS) is 16.2. The molecule has 0 aliphatic heterocycles. The summed E-state index contributed by atoms with van der Waals surface area (Å²) in [4.78, 5) is 11.9. The quantitative estimate of drug-likeness (QED) is 0.836. The Balaban J connectivity index is 1.90. The number of benzene rings is 1. The molecule has 2 N–H and O–H groups in total. The van der Waals surface area contributed by atoms with E-state index in [1.807, 2.05) is 24.3 Å². The molecule has 0 heterocycles. The number of aliphatic hydroxyl groups is 1. The summed E-state index contributed by atoms with van der Waals surface area (Å²) in [5, 5.41) is 21.4. The van der Waals surface area contributed by atoms with E-state index in [0.29, 0.717) is 13.0 Å². The summed E-state index contributed by atoms with van der Waals surface area (Å²) >= 11 is 0. The predicted molar refractivity (Wildman–Crippen MR) is 71.3 cm³/mol. The van der Waals surface area contributed by atoms with E-state index < -0.39 is 5.60 Å². The standard InChI is InChI=1S/C15H18N2O2/c16-9-6-12-4-1-2-5-13(12)10-14(18)17-11-15(19)7-3-8-15/h1-2,4-5,19H,3,6-8,10-11H2,(H,17,18). The highest BCUT2D eigenvalue weighted by atomic mass is 16.3. The molecule has 100 valence electrons. The van der Waals surface area contributed by atoms with Crippen molar-refractivity contribution < 1.29 is 9.90 Å². The summed E-state index contributed by atoms with van der Waals surface area (Å²) in [7, 11) is 0. The van der Waals surface area contributed by atoms with Crippen LogP contribution >= 0.6 is 0 Å². The van der Waals surface area contributed by atoms with Gasteiger partial charge in [0.1, 0.15) is 0 Å². The molecule has 4 heteroatoms. The number of nitriles is 1. The number of amides is 1. The molecule has 0 unspecified atom stereocenters. The minimum absolute atomic E-state index is 0.106. The SMILES string of the molecule is N#CCc1ccccc1CC(=O)NCC1(O)CCC1. The molecule has 0 aromatic heterocycles. The van der Waals surface area contributed by atoms with E-state index in [9.17, 15) is 9.90 Å². The van der Waals surface area contributed by atoms with E-state index in [1.165, 1.54) is 0 Å². The van der Waals surface area contributed by atoms with Crippen LogP contribution in [0.15, 0.2) is 24.3 Å². The highest BCUT2D eigenvalue weighted by Gasteiger charge is 2.34. The molecule has 1 aliphatic carbocycles. The molecule has 0 saturated heterocycles. The van der Waals surface area contributed by atoms with Crippen molar-refractivity contribution in [2.45, 2.75) is 37.7 Å². The lowest BCUT2D eigenvalue weighted by atomic mass is 9.80. The highest BCUT2D eigenvalue weighted by Crippen LogP contribution is 2.30. The summed E-state index contributed by atoms with van der Waals surface area (Å²) in [5.74, 6) is -0.106. The van der Waals surface area contributed by atoms with Crippen LogP contribution < -0.4 is 5.32 Å². The van der Waals surface area contributed by atoms with Crippen LogP contribution in [0, 0.1) is 11.3 Å². The van der Waals surface area contributed by atoms with Gasteiger partial charge in [-0.2, -0.15) is 5.26 Å². The number of rotatable bonds is 5. The fourth-order valence-corrected chi connectivity index (χ4v) is 2.25. The third-order valence-corrected chi connectivity index (χ3v) is 3.64. The maximum atomic E-state index is 11.9. The van der Waals surface area contributed by atoms with Crippen molar-refractivity contribution in [2.75, 3.05) is 6.54 Å². The lowest BCUT2D eigenvalue weighted by molar-refractivity contribution is -0.122. The number of hydrogen-bond donors (Lipinski definition) is 2. The van der Waals surface area contributed by atoms with Gasteiger partial charge in [0.05, 0.1) is 24.5 Å². The molecular weight excluding hydrogens is 240 g/mol.